The monoisotopic (exact) mass is 208 g/mol. The van der Waals surface area contributed by atoms with Gasteiger partial charge in [-0.1, -0.05) is 0 Å². The van der Waals surface area contributed by atoms with Gasteiger partial charge in [0, 0.05) is 21.7 Å². The molecule has 0 saturated heterocycles. The molecule has 76 valence electrons. The summed E-state index contributed by atoms with van der Waals surface area (Å²) >= 11 is 0. The van der Waals surface area contributed by atoms with E-state index < -0.39 is 0 Å². The Labute approximate surface area is 97.2 Å². The van der Waals surface area contributed by atoms with Gasteiger partial charge in [0.2, 0.25) is 0 Å². The Bertz CT molecular complexity index is 144. The van der Waals surface area contributed by atoms with Crippen LogP contribution in [0.25, 0.3) is 0 Å². The first kappa shape index (κ1) is 18.2. The third kappa shape index (κ3) is 11.4. The van der Waals surface area contributed by atoms with Crippen LogP contribution in [-0.4, -0.2) is 0 Å². The Balaban J connectivity index is -0.000000125. The minimum Gasteiger partial charge on any atom is -0.748 e. The minimum absolute atomic E-state index is 0. The summed E-state index contributed by atoms with van der Waals surface area (Å²) in [5.41, 5.74) is 0. The van der Waals surface area contributed by atoms with Crippen LogP contribution in [0.15, 0.2) is 60.7 Å². The maximum absolute atomic E-state index is 2.00. The molecule has 0 bridgehead atoms. The van der Waals surface area contributed by atoms with Crippen molar-refractivity contribution in [1.82, 2.24) is 0 Å². The molecule has 0 aliphatic carbocycles. The molecule has 0 fully saturated rings. The molecule has 2 aromatic carbocycles. The van der Waals surface area contributed by atoms with Gasteiger partial charge in [-0.25, -0.2) is 12.1 Å². The molecule has 2 aromatic rings. The zero-order valence-corrected chi connectivity index (χ0v) is 9.84. The summed E-state index contributed by atoms with van der Waals surface area (Å²) < 4.78 is 0. The molecule has 0 atom stereocenters. The zero-order chi connectivity index (χ0) is 7.07. The molecule has 0 saturated carbocycles. The maximum atomic E-state index is 2.00. The molecule has 1 heteroatoms. The average molecular weight is 208 g/mol. The van der Waals surface area contributed by atoms with Crippen LogP contribution >= 0.6 is 0 Å². The molecule has 2 rings (SSSR count). The predicted molar refractivity (Wildman–Crippen MR) is 56.9 cm³/mol. The number of rotatable bonds is 0. The van der Waals surface area contributed by atoms with Crippen molar-refractivity contribution in [3.63, 3.8) is 0 Å². The Hall–Kier alpha value is -0.586. The molecule has 0 aromatic heterocycles. The van der Waals surface area contributed by atoms with E-state index in [2.05, 4.69) is 0 Å². The van der Waals surface area contributed by atoms with Gasteiger partial charge in [0.15, 0.2) is 0 Å². The standard InChI is InChI=1S/2C5H5.2CH3.Ti/c2*1-2-4-5-3-1;;;/h2*1-5H;2*1H3;/q-5;3*-1;. The molecule has 0 heterocycles. The van der Waals surface area contributed by atoms with E-state index in [1.54, 1.807) is 0 Å². The van der Waals surface area contributed by atoms with Crippen LogP contribution in [0.5, 0.6) is 0 Å². The molecule has 0 aliphatic rings. The van der Waals surface area contributed by atoms with E-state index in [9.17, 15) is 0 Å². The van der Waals surface area contributed by atoms with Crippen LogP contribution in [0.4, 0.5) is 0 Å². The van der Waals surface area contributed by atoms with Gasteiger partial charge >= 0.3 is 0 Å². The van der Waals surface area contributed by atoms with Gasteiger partial charge in [0.1, 0.15) is 0 Å². The maximum Gasteiger partial charge on any atom is 0 e. The average Bonchev–Trinajstić information content (AvgIpc) is 2.67. The van der Waals surface area contributed by atoms with Crippen molar-refractivity contribution in [2.45, 2.75) is 0 Å². The molecule has 0 spiro atoms. The molecule has 0 aliphatic heterocycles. The topological polar surface area (TPSA) is 0 Å². The summed E-state index contributed by atoms with van der Waals surface area (Å²) in [5, 5.41) is 0. The van der Waals surface area contributed by atoms with Crippen molar-refractivity contribution in [3.8, 4) is 0 Å². The number of hydrogen-bond donors (Lipinski definition) is 0. The van der Waals surface area contributed by atoms with Crippen molar-refractivity contribution in [2.75, 3.05) is 0 Å². The van der Waals surface area contributed by atoms with Gasteiger partial charge in [-0.05, 0) is 0 Å². The Kier molecular flexibility index (Phi) is 19.6. The van der Waals surface area contributed by atoms with E-state index in [4.69, 9.17) is 0 Å². The minimum atomic E-state index is 0. The summed E-state index contributed by atoms with van der Waals surface area (Å²) in [4.78, 5) is 0. The first-order valence-electron chi connectivity index (χ1n) is 3.33. The van der Waals surface area contributed by atoms with Crippen molar-refractivity contribution < 1.29 is 21.7 Å². The first-order chi connectivity index (χ1) is 5.00. The first-order valence-corrected chi connectivity index (χ1v) is 3.33. The molecule has 0 amide bonds. The van der Waals surface area contributed by atoms with Crippen LogP contribution in [-0.2, 0) is 21.7 Å². The molecular weight excluding hydrogens is 192 g/mol. The van der Waals surface area contributed by atoms with Gasteiger partial charge in [-0.15, -0.1) is 0 Å². The molecule has 0 nitrogen and oxygen atoms in total. The Morgan fingerprint density at radius 1 is 0.615 bits per heavy atom. The Morgan fingerprint density at radius 3 is 1.08 bits per heavy atom. The van der Waals surface area contributed by atoms with Crippen LogP contribution in [0.2, 0.25) is 0 Å². The van der Waals surface area contributed by atoms with Crippen LogP contribution in [0.3, 0.4) is 0 Å². The zero-order valence-electron chi connectivity index (χ0n) is 8.27. The van der Waals surface area contributed by atoms with Crippen LogP contribution < -0.4 is 0 Å². The van der Waals surface area contributed by atoms with Gasteiger partial charge in [0.25, 0.3) is 0 Å². The third-order valence-electron chi connectivity index (χ3n) is 1.11. The van der Waals surface area contributed by atoms with E-state index in [-0.39, 0.29) is 36.6 Å². The molecule has 0 unspecified atom stereocenters. The second-order valence-corrected chi connectivity index (χ2v) is 1.92. The number of hydrogen-bond acceptors (Lipinski definition) is 0. The van der Waals surface area contributed by atoms with Gasteiger partial charge in [0.05, 0.1) is 0 Å². The quantitative estimate of drug-likeness (QED) is 0.457. The predicted octanol–water partition coefficient (Wildman–Crippen LogP) is 3.71. The smallest absolute Gasteiger partial charge is 0 e. The van der Waals surface area contributed by atoms with Crippen LogP contribution in [0.1, 0.15) is 0 Å². The van der Waals surface area contributed by atoms with Gasteiger partial charge in [-0.2, -0.15) is 18.2 Å². The van der Waals surface area contributed by atoms with Gasteiger partial charge in [-0.3, -0.25) is 0 Å². The molecule has 0 N–H and O–H groups in total. The van der Waals surface area contributed by atoms with Crippen molar-refractivity contribution in [1.29, 1.82) is 0 Å². The van der Waals surface area contributed by atoms with E-state index in [0.717, 1.165) is 0 Å². The Morgan fingerprint density at radius 2 is 0.923 bits per heavy atom. The normalized spacial score (nSPS) is 6.15. The fourth-order valence-corrected chi connectivity index (χ4v) is 0.642. The van der Waals surface area contributed by atoms with Gasteiger partial charge < -0.3 is 45.2 Å². The second-order valence-electron chi connectivity index (χ2n) is 1.92. The summed E-state index contributed by atoms with van der Waals surface area (Å²) in [6.45, 7) is 0. The third-order valence-corrected chi connectivity index (χ3v) is 1.11. The molecular formula is C12H16Ti-8. The second kappa shape index (κ2) is 14.0. The van der Waals surface area contributed by atoms with E-state index in [1.165, 1.54) is 0 Å². The summed E-state index contributed by atoms with van der Waals surface area (Å²) in [6, 6.07) is 20.0. The molecule has 0 radical (unpaired) electrons. The summed E-state index contributed by atoms with van der Waals surface area (Å²) in [7, 11) is 0. The van der Waals surface area contributed by atoms with Crippen molar-refractivity contribution >= 4 is 0 Å². The molecule has 13 heavy (non-hydrogen) atoms. The fraction of sp³-hybridized carbons (Fsp3) is 0. The summed E-state index contributed by atoms with van der Waals surface area (Å²) in [5.74, 6) is 0. The van der Waals surface area contributed by atoms with Crippen LogP contribution in [0, 0.1) is 14.9 Å². The van der Waals surface area contributed by atoms with Crippen molar-refractivity contribution in [2.24, 2.45) is 0 Å². The van der Waals surface area contributed by atoms with E-state index in [1.807, 2.05) is 60.7 Å². The van der Waals surface area contributed by atoms with E-state index in [0.29, 0.717) is 0 Å². The summed E-state index contributed by atoms with van der Waals surface area (Å²) in [6.07, 6.45) is 0. The van der Waals surface area contributed by atoms with E-state index >= 15 is 0 Å². The van der Waals surface area contributed by atoms with Crippen molar-refractivity contribution in [3.05, 3.63) is 75.5 Å². The largest absolute Gasteiger partial charge is 0.748 e. The SMILES string of the molecule is [CH3-].[CH3-].[Ti].[cH-]1[cH-][cH-][cH-][cH-]1.c1cc[cH-]c1. The fourth-order valence-electron chi connectivity index (χ4n) is 0.642.